The zero-order valence-electron chi connectivity index (χ0n) is 22.3. The van der Waals surface area contributed by atoms with Crippen LogP contribution in [-0.4, -0.2) is 30.3 Å². The van der Waals surface area contributed by atoms with Gasteiger partial charge in [-0.05, 0) is 43.4 Å². The third-order valence-electron chi connectivity index (χ3n) is 7.33. The maximum Gasteiger partial charge on any atom is 0.410 e. The smallest absolute Gasteiger partial charge is 0.410 e. The summed E-state index contributed by atoms with van der Waals surface area (Å²) in [6.07, 6.45) is -1.35. The highest BCUT2D eigenvalue weighted by atomic mass is 19.4. The van der Waals surface area contributed by atoms with Gasteiger partial charge in [0, 0.05) is 41.3 Å². The molecule has 3 atom stereocenters. The molecule has 11 heteroatoms. The average Bonchev–Trinajstić information content (AvgIpc) is 3.41. The number of methoxy groups -OCH3 is 1. The van der Waals surface area contributed by atoms with Crippen LogP contribution in [0.15, 0.2) is 56.2 Å². The van der Waals surface area contributed by atoms with Crippen LogP contribution in [0.2, 0.25) is 0 Å². The Morgan fingerprint density at radius 3 is 2.67 bits per heavy atom. The number of nitrogens with one attached hydrogen (secondary N) is 1. The number of fused-ring (bicyclic) bond motifs is 1. The van der Waals surface area contributed by atoms with E-state index in [0.717, 1.165) is 0 Å². The Morgan fingerprint density at radius 2 is 2.00 bits per heavy atom. The lowest BCUT2D eigenvalue weighted by atomic mass is 9.93. The summed E-state index contributed by atoms with van der Waals surface area (Å²) in [7, 11) is 1.25. The first kappa shape index (κ1) is 29.0. The van der Waals surface area contributed by atoms with Crippen molar-refractivity contribution in [3.05, 3.63) is 75.7 Å². The van der Waals surface area contributed by atoms with Gasteiger partial charge in [0.1, 0.15) is 28.4 Å². The number of halogens is 3. The summed E-state index contributed by atoms with van der Waals surface area (Å²) in [6.45, 7) is 3.47. The number of Topliss-reactive ketones (excluding diaryl/α,β-unsaturated/α-hetero) is 1. The molecule has 1 amide bonds. The molecular weight excluding hydrogens is 531 g/mol. The molecule has 40 heavy (non-hydrogen) atoms. The first-order chi connectivity index (χ1) is 18.8. The van der Waals surface area contributed by atoms with Gasteiger partial charge < -0.3 is 18.7 Å². The maximum atomic E-state index is 13.4. The number of allylic oxidation sites excluding steroid dienone is 1. The quantitative estimate of drug-likeness (QED) is 0.264. The molecule has 0 radical (unpaired) electrons. The molecule has 2 heterocycles. The third-order valence-corrected chi connectivity index (χ3v) is 7.33. The van der Waals surface area contributed by atoms with Crippen LogP contribution in [0.4, 0.5) is 18.0 Å². The highest BCUT2D eigenvalue weighted by Gasteiger charge is 2.59. The van der Waals surface area contributed by atoms with Crippen molar-refractivity contribution in [3.63, 3.8) is 0 Å². The number of alkyl halides is 3. The lowest BCUT2D eigenvalue weighted by Gasteiger charge is -2.13. The molecule has 3 unspecified atom stereocenters. The second-order valence-corrected chi connectivity index (χ2v) is 10.4. The predicted molar refractivity (Wildman–Crippen MR) is 139 cm³/mol. The molecule has 3 aromatic rings. The number of carbonyl (C=O) groups is 2. The number of hydrogen-bond donors (Lipinski definition) is 2. The van der Waals surface area contributed by atoms with Crippen molar-refractivity contribution in [2.45, 2.75) is 64.0 Å². The van der Waals surface area contributed by atoms with Crippen molar-refractivity contribution in [2.75, 3.05) is 7.11 Å². The summed E-state index contributed by atoms with van der Waals surface area (Å²) in [4.78, 5) is 37.2. The number of amides is 1. The van der Waals surface area contributed by atoms with Crippen LogP contribution in [0.25, 0.3) is 11.0 Å². The van der Waals surface area contributed by atoms with Crippen LogP contribution in [0, 0.1) is 5.41 Å². The van der Waals surface area contributed by atoms with Crippen LogP contribution in [0.5, 0.6) is 5.75 Å². The summed E-state index contributed by atoms with van der Waals surface area (Å²) < 4.78 is 53.5. The molecule has 0 spiro atoms. The number of aromatic hydroxyl groups is 1. The van der Waals surface area contributed by atoms with Crippen LogP contribution < -0.4 is 10.9 Å². The summed E-state index contributed by atoms with van der Waals surface area (Å²) in [5.41, 5.74) is -1.45. The molecule has 0 aliphatic heterocycles. The van der Waals surface area contributed by atoms with Crippen molar-refractivity contribution in [1.29, 1.82) is 0 Å². The maximum absolute atomic E-state index is 13.4. The highest BCUT2D eigenvalue weighted by molar-refractivity contribution is 6.04. The predicted octanol–water partition coefficient (Wildman–Crippen LogP) is 6.72. The van der Waals surface area contributed by atoms with Crippen molar-refractivity contribution < 1.29 is 41.4 Å². The van der Waals surface area contributed by atoms with E-state index in [1.807, 2.05) is 0 Å². The molecule has 214 valence electrons. The first-order valence-corrected chi connectivity index (χ1v) is 12.8. The lowest BCUT2D eigenvalue weighted by molar-refractivity contribution is -0.134. The van der Waals surface area contributed by atoms with Gasteiger partial charge in [-0.2, -0.15) is 13.2 Å². The molecule has 1 aliphatic rings. The van der Waals surface area contributed by atoms with Crippen molar-refractivity contribution >= 4 is 22.8 Å². The van der Waals surface area contributed by atoms with Crippen LogP contribution in [-0.2, 0) is 11.2 Å². The fourth-order valence-corrected chi connectivity index (χ4v) is 4.73. The Bertz CT molecular complexity index is 1500. The Labute approximate surface area is 227 Å². The van der Waals surface area contributed by atoms with Gasteiger partial charge in [-0.3, -0.25) is 10.1 Å². The van der Waals surface area contributed by atoms with E-state index in [1.54, 1.807) is 44.2 Å². The monoisotopic (exact) mass is 561 g/mol. The van der Waals surface area contributed by atoms with Crippen molar-refractivity contribution in [3.8, 4) is 5.75 Å². The minimum Gasteiger partial charge on any atom is -0.507 e. The van der Waals surface area contributed by atoms with E-state index in [0.29, 0.717) is 41.6 Å². The van der Waals surface area contributed by atoms with Gasteiger partial charge in [0.05, 0.1) is 7.11 Å². The Balaban J connectivity index is 1.44. The lowest BCUT2D eigenvalue weighted by Crippen LogP contribution is -2.23. The number of benzene rings is 1. The van der Waals surface area contributed by atoms with Gasteiger partial charge in [0.15, 0.2) is 5.78 Å². The highest BCUT2D eigenvalue weighted by Crippen LogP contribution is 2.61. The number of aryl methyl sites for hydroxylation is 1. The van der Waals surface area contributed by atoms with E-state index in [2.05, 4.69) is 10.1 Å². The minimum atomic E-state index is -4.25. The number of ether oxygens (including phenoxy) is 1. The van der Waals surface area contributed by atoms with Crippen LogP contribution >= 0.6 is 0 Å². The molecule has 8 nitrogen and oxygen atoms in total. The molecule has 0 bridgehead atoms. The van der Waals surface area contributed by atoms with Gasteiger partial charge in [-0.25, -0.2) is 9.59 Å². The molecule has 1 aromatic carbocycles. The zero-order valence-corrected chi connectivity index (χ0v) is 22.3. The molecule has 4 rings (SSSR count). The second kappa shape index (κ2) is 11.2. The van der Waals surface area contributed by atoms with Gasteiger partial charge >= 0.3 is 17.9 Å². The van der Waals surface area contributed by atoms with E-state index in [9.17, 15) is 32.7 Å². The molecule has 0 saturated heterocycles. The standard InChI is InChI=1S/C29H30F3NO7/c1-16(6-4-5-11-33-27(37)38-3)21-14-20(34)24(26(36)40-21)25(35)28(2)15-19(28)23-13-18-8-7-17(12-22(18)39-23)9-10-29(30,31)32/h5,7-8,11-14,16,19,34H,4,6,9-10,15H2,1-3H3,(H,33,37)/b11-5+. The summed E-state index contributed by atoms with van der Waals surface area (Å²) >= 11 is 0. The number of hydrogen-bond acceptors (Lipinski definition) is 7. The minimum absolute atomic E-state index is 0.165. The van der Waals surface area contributed by atoms with Crippen LogP contribution in [0.3, 0.4) is 0 Å². The SMILES string of the molecule is COC(=O)N/C=C/CCC(C)c1cc(O)c(C(=O)C2(C)CC2c2cc3ccc(CCC(F)(F)F)cc3o2)c(=O)o1. The number of alkyl carbamates (subject to hydrolysis) is 1. The molecule has 2 aromatic heterocycles. The Hall–Kier alpha value is -4.02. The second-order valence-electron chi connectivity index (χ2n) is 10.4. The normalized spacial score (nSPS) is 19.6. The topological polar surface area (TPSA) is 119 Å². The molecule has 1 fully saturated rings. The van der Waals surface area contributed by atoms with E-state index >= 15 is 0 Å². The molecule has 1 saturated carbocycles. The fourth-order valence-electron chi connectivity index (χ4n) is 4.73. The Kier molecular flexibility index (Phi) is 8.13. The number of rotatable bonds is 10. The van der Waals surface area contributed by atoms with Crippen molar-refractivity contribution in [1.82, 2.24) is 5.32 Å². The van der Waals surface area contributed by atoms with Crippen molar-refractivity contribution in [2.24, 2.45) is 5.41 Å². The van der Waals surface area contributed by atoms with E-state index < -0.39 is 46.8 Å². The Morgan fingerprint density at radius 1 is 1.25 bits per heavy atom. The third kappa shape index (κ3) is 6.40. The first-order valence-electron chi connectivity index (χ1n) is 12.8. The molecule has 2 N–H and O–H groups in total. The summed E-state index contributed by atoms with van der Waals surface area (Å²) in [6, 6.07) is 7.89. The molecule has 1 aliphatic carbocycles. The number of furan rings is 1. The van der Waals surface area contributed by atoms with E-state index in [-0.39, 0.29) is 24.0 Å². The molecular formula is C29H30F3NO7. The largest absolute Gasteiger partial charge is 0.507 e. The fraction of sp³-hybridized carbons (Fsp3) is 0.414. The van der Waals surface area contributed by atoms with Gasteiger partial charge in [-0.15, -0.1) is 0 Å². The van der Waals surface area contributed by atoms with Gasteiger partial charge in [-0.1, -0.05) is 32.1 Å². The number of ketones is 1. The van der Waals surface area contributed by atoms with E-state index in [4.69, 9.17) is 8.83 Å². The van der Waals surface area contributed by atoms with Gasteiger partial charge in [0.25, 0.3) is 0 Å². The van der Waals surface area contributed by atoms with Gasteiger partial charge in [0.2, 0.25) is 0 Å². The summed E-state index contributed by atoms with van der Waals surface area (Å²) in [5.74, 6) is -0.935. The number of carbonyl (C=O) groups excluding carboxylic acids is 2. The van der Waals surface area contributed by atoms with E-state index in [1.165, 1.54) is 19.4 Å². The average molecular weight is 562 g/mol. The van der Waals surface area contributed by atoms with Crippen LogP contribution in [0.1, 0.15) is 78.8 Å². The summed E-state index contributed by atoms with van der Waals surface area (Å²) in [5, 5.41) is 13.7. The zero-order chi connectivity index (χ0) is 29.2.